The van der Waals surface area contributed by atoms with Crippen LogP contribution in [0.1, 0.15) is 50.3 Å². The number of hydrogen-bond donors (Lipinski definition) is 1. The van der Waals surface area contributed by atoms with Crippen LogP contribution in [-0.2, 0) is 28.1 Å². The van der Waals surface area contributed by atoms with Gasteiger partial charge < -0.3 is 14.6 Å². The van der Waals surface area contributed by atoms with Crippen LogP contribution in [0.3, 0.4) is 0 Å². The highest BCUT2D eigenvalue weighted by molar-refractivity contribution is 5.49. The number of aromatic hydroxyl groups is 1. The first-order valence-corrected chi connectivity index (χ1v) is 8.52. The van der Waals surface area contributed by atoms with Crippen molar-refractivity contribution in [2.75, 3.05) is 14.2 Å². The summed E-state index contributed by atoms with van der Waals surface area (Å²) in [5, 5.41) is 10.4. The molecule has 1 aromatic rings. The Morgan fingerprint density at radius 2 is 1.76 bits per heavy atom. The Balaban J connectivity index is 3.30. The Labute approximate surface area is 152 Å². The molecule has 1 aromatic carbocycles. The Morgan fingerprint density at radius 1 is 1.20 bits per heavy atom. The predicted octanol–water partition coefficient (Wildman–Crippen LogP) is 4.88. The number of terminal acetylenes is 1. The van der Waals surface area contributed by atoms with Crippen molar-refractivity contribution in [3.05, 3.63) is 52.6 Å². The minimum absolute atomic E-state index is 0.222. The zero-order valence-corrected chi connectivity index (χ0v) is 16.1. The number of rotatable bonds is 9. The first-order valence-electron chi connectivity index (χ1n) is 8.52. The molecule has 0 heterocycles. The van der Waals surface area contributed by atoms with Crippen LogP contribution in [0.15, 0.2) is 35.9 Å². The molecule has 0 aliphatic carbocycles. The number of unbranched alkanes of at least 4 members (excludes halogenated alkanes) is 1. The normalized spacial score (nSPS) is 12.6. The van der Waals surface area contributed by atoms with Crippen molar-refractivity contribution in [2.45, 2.75) is 52.2 Å². The molecule has 0 aliphatic rings. The highest BCUT2D eigenvalue weighted by Gasteiger charge is 2.26. The molecule has 0 aromatic heterocycles. The Kier molecular flexibility index (Phi) is 8.48. The van der Waals surface area contributed by atoms with Gasteiger partial charge in [-0.1, -0.05) is 32.1 Å². The smallest absolute Gasteiger partial charge is 0.126 e. The second kappa shape index (κ2) is 10.1. The molecule has 1 rings (SSSR count). The number of phenols is 1. The third kappa shape index (κ3) is 5.49. The monoisotopic (exact) mass is 342 g/mol. The lowest BCUT2D eigenvalue weighted by atomic mass is 9.76. The standard InChI is InChI=1S/C22H30O3/c1-7-9-10-11-12-19(8-2)22(3,4)20-13-17(15-24-5)21(23)18(14-20)16-25-6/h1,8,11-14,23H,9-10,15-16H2,2-6H3/b12-11-,19-8+. The van der Waals surface area contributed by atoms with E-state index in [1.54, 1.807) is 14.2 Å². The highest BCUT2D eigenvalue weighted by Crippen LogP contribution is 2.37. The predicted molar refractivity (Wildman–Crippen MR) is 104 cm³/mol. The third-order valence-electron chi connectivity index (χ3n) is 4.37. The second-order valence-corrected chi connectivity index (χ2v) is 6.52. The molecule has 0 radical (unpaired) electrons. The zero-order chi connectivity index (χ0) is 18.9. The average molecular weight is 342 g/mol. The fourth-order valence-corrected chi connectivity index (χ4v) is 2.86. The molecule has 0 unspecified atom stereocenters. The maximum atomic E-state index is 10.4. The summed E-state index contributed by atoms with van der Waals surface area (Å²) in [4.78, 5) is 0. The number of benzene rings is 1. The van der Waals surface area contributed by atoms with Gasteiger partial charge in [0.25, 0.3) is 0 Å². The van der Waals surface area contributed by atoms with E-state index in [1.807, 2.05) is 19.1 Å². The van der Waals surface area contributed by atoms with E-state index in [-0.39, 0.29) is 11.2 Å². The molecule has 25 heavy (non-hydrogen) atoms. The molecule has 0 saturated carbocycles. The van der Waals surface area contributed by atoms with Crippen molar-refractivity contribution in [2.24, 2.45) is 0 Å². The zero-order valence-electron chi connectivity index (χ0n) is 16.1. The summed E-state index contributed by atoms with van der Waals surface area (Å²) in [7, 11) is 3.25. The lowest BCUT2D eigenvalue weighted by Gasteiger charge is -2.29. The summed E-state index contributed by atoms with van der Waals surface area (Å²) in [5.74, 6) is 2.90. The Hall–Kier alpha value is -2.02. The second-order valence-electron chi connectivity index (χ2n) is 6.52. The van der Waals surface area contributed by atoms with Gasteiger partial charge in [0.15, 0.2) is 0 Å². The molecule has 0 spiro atoms. The van der Waals surface area contributed by atoms with E-state index in [0.717, 1.165) is 29.5 Å². The number of methoxy groups -OCH3 is 2. The maximum Gasteiger partial charge on any atom is 0.126 e. The molecule has 0 fully saturated rings. The lowest BCUT2D eigenvalue weighted by molar-refractivity contribution is 0.174. The minimum Gasteiger partial charge on any atom is -0.507 e. The fraction of sp³-hybridized carbons (Fsp3) is 0.455. The van der Waals surface area contributed by atoms with E-state index >= 15 is 0 Å². The molecule has 0 saturated heterocycles. The van der Waals surface area contributed by atoms with Gasteiger partial charge in [0.05, 0.1) is 13.2 Å². The van der Waals surface area contributed by atoms with E-state index in [9.17, 15) is 5.11 Å². The summed E-state index contributed by atoms with van der Waals surface area (Å²) >= 11 is 0. The van der Waals surface area contributed by atoms with E-state index in [0.29, 0.717) is 13.2 Å². The SMILES string of the molecule is C#CCC/C=C\C(=C/C)C(C)(C)c1cc(COC)c(O)c(COC)c1. The fourth-order valence-electron chi connectivity index (χ4n) is 2.86. The number of ether oxygens (including phenoxy) is 2. The number of phenolic OH excluding ortho intramolecular Hbond substituents is 1. The van der Waals surface area contributed by atoms with Crippen LogP contribution in [0.2, 0.25) is 0 Å². The van der Waals surface area contributed by atoms with Gasteiger partial charge >= 0.3 is 0 Å². The molecular weight excluding hydrogens is 312 g/mol. The van der Waals surface area contributed by atoms with Gasteiger partial charge in [-0.15, -0.1) is 12.3 Å². The van der Waals surface area contributed by atoms with Crippen LogP contribution in [0.25, 0.3) is 0 Å². The van der Waals surface area contributed by atoms with Gasteiger partial charge in [-0.2, -0.15) is 0 Å². The quantitative estimate of drug-likeness (QED) is 0.395. The van der Waals surface area contributed by atoms with Crippen LogP contribution < -0.4 is 0 Å². The summed E-state index contributed by atoms with van der Waals surface area (Å²) < 4.78 is 10.5. The van der Waals surface area contributed by atoms with E-state index in [2.05, 4.69) is 38.0 Å². The molecule has 136 valence electrons. The van der Waals surface area contributed by atoms with Crippen molar-refractivity contribution < 1.29 is 14.6 Å². The first-order chi connectivity index (χ1) is 11.9. The van der Waals surface area contributed by atoms with Crippen molar-refractivity contribution in [1.82, 2.24) is 0 Å². The summed E-state index contributed by atoms with van der Waals surface area (Å²) in [6.45, 7) is 7.10. The minimum atomic E-state index is -0.222. The van der Waals surface area contributed by atoms with E-state index < -0.39 is 0 Å². The van der Waals surface area contributed by atoms with Crippen LogP contribution in [0.4, 0.5) is 0 Å². The third-order valence-corrected chi connectivity index (χ3v) is 4.37. The first kappa shape index (κ1) is 21.0. The van der Waals surface area contributed by atoms with Gasteiger partial charge in [-0.05, 0) is 36.6 Å². The van der Waals surface area contributed by atoms with Crippen LogP contribution in [-0.4, -0.2) is 19.3 Å². The Morgan fingerprint density at radius 3 is 2.20 bits per heavy atom. The van der Waals surface area contributed by atoms with Crippen LogP contribution in [0.5, 0.6) is 5.75 Å². The van der Waals surface area contributed by atoms with Gasteiger partial charge in [0.2, 0.25) is 0 Å². The number of allylic oxidation sites excluding steroid dienone is 4. The Bertz CT molecular complexity index is 633. The average Bonchev–Trinajstić information content (AvgIpc) is 2.58. The van der Waals surface area contributed by atoms with Gasteiger partial charge in [-0.25, -0.2) is 0 Å². The molecule has 1 N–H and O–H groups in total. The van der Waals surface area contributed by atoms with Crippen molar-refractivity contribution in [3.8, 4) is 18.1 Å². The highest BCUT2D eigenvalue weighted by atomic mass is 16.5. The molecule has 0 bridgehead atoms. The maximum absolute atomic E-state index is 10.4. The molecule has 0 aliphatic heterocycles. The van der Waals surface area contributed by atoms with Gasteiger partial charge in [0, 0.05) is 37.2 Å². The van der Waals surface area contributed by atoms with Gasteiger partial charge in [-0.3, -0.25) is 0 Å². The number of hydrogen-bond acceptors (Lipinski definition) is 3. The van der Waals surface area contributed by atoms with Crippen molar-refractivity contribution in [3.63, 3.8) is 0 Å². The molecular formula is C22H30O3. The van der Waals surface area contributed by atoms with Crippen molar-refractivity contribution in [1.29, 1.82) is 0 Å². The molecule has 0 atom stereocenters. The van der Waals surface area contributed by atoms with Crippen LogP contribution >= 0.6 is 0 Å². The molecule has 3 heteroatoms. The summed E-state index contributed by atoms with van der Waals surface area (Å²) in [6.07, 6.45) is 13.3. The van der Waals surface area contributed by atoms with Crippen molar-refractivity contribution >= 4 is 0 Å². The van der Waals surface area contributed by atoms with E-state index in [4.69, 9.17) is 15.9 Å². The topological polar surface area (TPSA) is 38.7 Å². The largest absolute Gasteiger partial charge is 0.507 e. The van der Waals surface area contributed by atoms with E-state index in [1.165, 1.54) is 5.57 Å². The van der Waals surface area contributed by atoms with Crippen LogP contribution in [0, 0.1) is 12.3 Å². The summed E-state index contributed by atoms with van der Waals surface area (Å²) in [6, 6.07) is 4.02. The lowest BCUT2D eigenvalue weighted by Crippen LogP contribution is -2.20. The van der Waals surface area contributed by atoms with Gasteiger partial charge in [0.1, 0.15) is 5.75 Å². The molecule has 3 nitrogen and oxygen atoms in total. The molecule has 0 amide bonds. The summed E-state index contributed by atoms with van der Waals surface area (Å²) in [5.41, 5.74) is 3.62.